The first-order valence-electron chi connectivity index (χ1n) is 1.50. The van der Waals surface area contributed by atoms with Crippen LogP contribution in [0.2, 0.25) is 0 Å². The molecule has 17 heteroatoms. The van der Waals surface area contributed by atoms with E-state index in [0.29, 0.717) is 0 Å². The minimum Gasteiger partial charge on any atom is -2.00 e. The van der Waals surface area contributed by atoms with Gasteiger partial charge in [0, 0.05) is 0 Å². The Kier molecular flexibility index (Phi) is 96.1. The molecule has 17 heavy (non-hydrogen) atoms. The molecule has 0 unspecified atom stereocenters. The zero-order valence-corrected chi connectivity index (χ0v) is 21.7. The average molecular weight is 970 g/mol. The van der Waals surface area contributed by atoms with E-state index in [1.165, 1.54) is 0 Å². The van der Waals surface area contributed by atoms with Gasteiger partial charge in [-0.15, -0.1) is 0 Å². The Morgan fingerprint density at radius 3 is 0.588 bits per heavy atom. The van der Waals surface area contributed by atoms with Crippen LogP contribution in [0.15, 0.2) is 0 Å². The van der Waals surface area contributed by atoms with Crippen LogP contribution < -0.4 is 19.6 Å². The molecule has 12 nitrogen and oxygen atoms in total. The van der Waals surface area contributed by atoms with Crippen LogP contribution in [0.4, 0.5) is 0 Å². The van der Waals surface area contributed by atoms with Gasteiger partial charge in [-0.3, -0.25) is 0 Å². The predicted octanol–water partition coefficient (Wildman–Crippen LogP) is -4.86. The molecule has 0 aromatic carbocycles. The van der Waals surface area contributed by atoms with Crippen LogP contribution in [0.3, 0.4) is 0 Å². The summed E-state index contributed by atoms with van der Waals surface area (Å²) in [4.78, 5) is 48.6. The summed E-state index contributed by atoms with van der Waals surface area (Å²) in [6, 6.07) is 0. The number of phosphoric acid groups is 2. The second kappa shape index (κ2) is 27.5. The Morgan fingerprint density at radius 2 is 0.588 bits per heavy atom. The number of rotatable bonds is 0. The minimum absolute atomic E-state index is 0. The summed E-state index contributed by atoms with van der Waals surface area (Å²) in [5.74, 6) is 0. The predicted molar refractivity (Wildman–Crippen MR) is 22.4 cm³/mol. The van der Waals surface area contributed by atoms with Crippen molar-refractivity contribution in [1.29, 1.82) is 0 Å². The van der Waals surface area contributed by atoms with E-state index in [1.807, 2.05) is 0 Å². The molecule has 0 aromatic heterocycles. The summed E-state index contributed by atoms with van der Waals surface area (Å²) in [5.41, 5.74) is 0. The molecular weight excluding hydrogens is 968 g/mol. The van der Waals surface area contributed by atoms with E-state index >= 15 is 0 Å². The van der Waals surface area contributed by atoms with E-state index in [9.17, 15) is 0 Å². The van der Waals surface area contributed by atoms with Crippen molar-refractivity contribution < 1.29 is 154 Å². The van der Waals surface area contributed by atoms with Crippen LogP contribution in [0, 0.1) is 93.3 Å². The summed E-state index contributed by atoms with van der Waals surface area (Å²) in [6.45, 7) is 0. The van der Waals surface area contributed by atoms with E-state index in [-0.39, 0.29) is 115 Å². The van der Waals surface area contributed by atoms with Crippen LogP contribution >= 0.6 is 15.6 Å². The molecule has 0 saturated carbocycles. The summed E-state index contributed by atoms with van der Waals surface area (Å²) in [7, 11) is -10.3. The maximum atomic E-state index is 8.66. The monoisotopic (exact) mass is 970 g/mol. The van der Waals surface area contributed by atoms with Gasteiger partial charge < -0.3 is 60.4 Å². The molecule has 96 valence electrons. The topological polar surface area (TPSA) is 281 Å². The second-order valence-electron chi connectivity index (χ2n) is 0.937. The molecule has 0 aliphatic heterocycles. The van der Waals surface area contributed by atoms with Gasteiger partial charge in [0.05, 0.1) is 15.6 Å². The Hall–Kier alpha value is 3.22. The van der Waals surface area contributed by atoms with Gasteiger partial charge in [-0.05, 0) is 0 Å². The van der Waals surface area contributed by atoms with Crippen LogP contribution in [0.5, 0.6) is 0 Å². The van der Waals surface area contributed by atoms with Crippen LogP contribution in [-0.4, -0.2) is 9.79 Å². The molecule has 0 rings (SSSR count). The molecule has 0 bridgehead atoms. The van der Waals surface area contributed by atoms with Crippen molar-refractivity contribution in [3.05, 3.63) is 0 Å². The van der Waals surface area contributed by atoms with E-state index in [0.717, 1.165) is 0 Å². The third kappa shape index (κ3) is 551. The maximum Gasteiger partial charge on any atom is 4.00 e. The molecule has 0 saturated heterocycles. The van der Waals surface area contributed by atoms with Crippen LogP contribution in [0.25, 0.3) is 0 Å². The third-order valence-corrected chi connectivity index (χ3v) is 0. The minimum atomic E-state index is -5.14. The zero-order chi connectivity index (χ0) is 9.00. The van der Waals surface area contributed by atoms with Crippen molar-refractivity contribution in [1.82, 2.24) is 0 Å². The van der Waals surface area contributed by atoms with Gasteiger partial charge in [-0.1, -0.05) is 0 Å². The first-order chi connectivity index (χ1) is 4.00. The second-order valence-corrected chi connectivity index (χ2v) is 2.81. The number of hydrogen-bond donors (Lipinski definition) is 2. The quantitative estimate of drug-likeness (QED) is 0.222. The number of hydrogen-bond acceptors (Lipinski definition) is 6. The van der Waals surface area contributed by atoms with Gasteiger partial charge in [0.2, 0.25) is 0 Å². The van der Waals surface area contributed by atoms with Crippen LogP contribution in [-0.2, 0) is 31.0 Å². The summed E-state index contributed by atoms with van der Waals surface area (Å²) >= 11 is 0. The third-order valence-electron chi connectivity index (χ3n) is 0. The summed E-state index contributed by atoms with van der Waals surface area (Å²) in [6.07, 6.45) is 0. The smallest absolute Gasteiger partial charge is 2.00 e. The Balaban J connectivity index is -0.00000000762. The van der Waals surface area contributed by atoms with Gasteiger partial charge in [-0.25, -0.2) is 0 Å². The standard InChI is InChI=1S/2H3O4P.4O.3U/c2*1-5(2,3)4;;;;;;;/h2*(H3,1,2,3,4);;;;;;;/q;;4*-2;3*+4/p-4. The Bertz CT molecular complexity index is 132. The molecule has 0 fully saturated rings. The van der Waals surface area contributed by atoms with Crippen molar-refractivity contribution in [2.45, 2.75) is 0 Å². The SMILES string of the molecule is O=P([O-])([O-])O.O=P([O-])([O-])O.[O-2].[O-2].[O-2].[O-2].[U+4].[U+4].[U+4]. The largest absolute Gasteiger partial charge is 4.00 e. The molecule has 0 aliphatic carbocycles. The zero-order valence-electron chi connectivity index (χ0n) is 7.37. The van der Waals surface area contributed by atoms with Crippen LogP contribution in [0.1, 0.15) is 0 Å². The van der Waals surface area contributed by atoms with Gasteiger partial charge >= 0.3 is 93.3 Å². The first-order valence-corrected chi connectivity index (χ1v) is 4.49. The summed E-state index contributed by atoms with van der Waals surface area (Å²) in [5, 5.41) is 0. The van der Waals surface area contributed by atoms with Crippen molar-refractivity contribution in [2.75, 3.05) is 0 Å². The fourth-order valence-electron chi connectivity index (χ4n) is 0. The molecule has 0 radical (unpaired) electrons. The van der Waals surface area contributed by atoms with Crippen molar-refractivity contribution in [3.8, 4) is 0 Å². The summed E-state index contributed by atoms with van der Waals surface area (Å²) < 4.78 is 17.3. The maximum absolute atomic E-state index is 8.66. The van der Waals surface area contributed by atoms with E-state index in [2.05, 4.69) is 0 Å². The van der Waals surface area contributed by atoms with Crippen molar-refractivity contribution >= 4 is 15.6 Å². The normalized spacial score (nSPS) is 6.94. The average Bonchev–Trinajstić information content (AvgIpc) is 1.12. The van der Waals surface area contributed by atoms with Gasteiger partial charge in [0.15, 0.2) is 0 Å². The fraction of sp³-hybridized carbons (Fsp3) is 0. The molecule has 0 aliphatic rings. The van der Waals surface area contributed by atoms with E-state index in [4.69, 9.17) is 38.5 Å². The molecule has 0 amide bonds. The van der Waals surface area contributed by atoms with Gasteiger partial charge in [-0.2, -0.15) is 0 Å². The first kappa shape index (κ1) is 59.3. The van der Waals surface area contributed by atoms with Gasteiger partial charge in [0.25, 0.3) is 0 Å². The Morgan fingerprint density at radius 1 is 0.588 bits per heavy atom. The molecule has 0 atom stereocenters. The molecule has 0 heterocycles. The van der Waals surface area contributed by atoms with Crippen molar-refractivity contribution in [3.63, 3.8) is 0 Å². The fourth-order valence-corrected chi connectivity index (χ4v) is 0. The van der Waals surface area contributed by atoms with E-state index < -0.39 is 15.6 Å². The Labute approximate surface area is 167 Å². The van der Waals surface area contributed by atoms with E-state index in [1.54, 1.807) is 0 Å². The molecule has 0 spiro atoms. The van der Waals surface area contributed by atoms with Crippen molar-refractivity contribution in [2.24, 2.45) is 0 Å². The molecule has 0 aromatic rings. The molecule has 2 N–H and O–H groups in total. The van der Waals surface area contributed by atoms with Gasteiger partial charge in [0.1, 0.15) is 0 Å². The molecular formula is H2O12P2U3.